The van der Waals surface area contributed by atoms with Gasteiger partial charge in [0.25, 0.3) is 5.91 Å². The third-order valence-corrected chi connectivity index (χ3v) is 9.13. The third kappa shape index (κ3) is 11.2. The van der Waals surface area contributed by atoms with Crippen molar-refractivity contribution in [2.75, 3.05) is 11.9 Å². The molecule has 13 nitrogen and oxygen atoms in total. The van der Waals surface area contributed by atoms with Crippen molar-refractivity contribution in [2.45, 2.75) is 76.6 Å². The van der Waals surface area contributed by atoms with E-state index >= 15 is 0 Å². The number of thiazole rings is 1. The fourth-order valence-electron chi connectivity index (χ4n) is 5.00. The second-order valence-corrected chi connectivity index (χ2v) is 13.5. The molecule has 5 aromatic rings. The predicted octanol–water partition coefficient (Wildman–Crippen LogP) is 7.04. The summed E-state index contributed by atoms with van der Waals surface area (Å²) in [6, 6.07) is 10.7. The molecule has 278 valence electrons. The number of halogens is 2. The van der Waals surface area contributed by atoms with Crippen LogP contribution >= 0.6 is 23.4 Å². The van der Waals surface area contributed by atoms with Crippen molar-refractivity contribution >= 4 is 40.9 Å². The summed E-state index contributed by atoms with van der Waals surface area (Å²) in [6.45, 7) is 5.47. The molecule has 0 aliphatic heterocycles. The van der Waals surface area contributed by atoms with Crippen molar-refractivity contribution < 1.29 is 32.8 Å². The van der Waals surface area contributed by atoms with Gasteiger partial charge in [0.05, 0.1) is 17.9 Å². The Bertz CT molecular complexity index is 1880. The van der Waals surface area contributed by atoms with E-state index in [2.05, 4.69) is 25.5 Å². The number of amides is 1. The van der Waals surface area contributed by atoms with E-state index in [1.54, 1.807) is 35.6 Å². The van der Waals surface area contributed by atoms with Crippen molar-refractivity contribution in [3.63, 3.8) is 0 Å². The fourth-order valence-corrected chi connectivity index (χ4v) is 6.05. The van der Waals surface area contributed by atoms with Crippen LogP contribution in [0.5, 0.6) is 0 Å². The zero-order valence-electron chi connectivity index (χ0n) is 29.0. The third-order valence-electron chi connectivity index (χ3n) is 7.76. The van der Waals surface area contributed by atoms with Crippen molar-refractivity contribution in [3.8, 4) is 22.0 Å². The number of nitrogens with zero attached hydrogens (tertiary/aromatic N) is 6. The Labute approximate surface area is 308 Å². The molecule has 1 unspecified atom stereocenters. The van der Waals surface area contributed by atoms with Crippen molar-refractivity contribution in [3.05, 3.63) is 83.9 Å². The van der Waals surface area contributed by atoms with E-state index in [-0.39, 0.29) is 48.1 Å². The van der Waals surface area contributed by atoms with Crippen LogP contribution < -0.4 is 11.1 Å². The van der Waals surface area contributed by atoms with Crippen LogP contribution in [-0.2, 0) is 16.3 Å². The first kappa shape index (κ1) is 40.2. The number of hydrogen-bond acceptors (Lipinski definition) is 12. The standard InChI is InChI=1S/C27H30F2N8O3S.C6H6OS.C2H6O/c1-15(2)22(30)27(39)40-14-36-11-16(10-31-36)26-33-20(13-41-26)25(38)32-19-12-37(17-6-4-3-5-7-17)35-24(19)23-18(28)8-9-21(29)34-23;7-8-6-4-2-1-3-5-6;1-2-3/h8-13,15,17,22H,3-7,14,30H2,1-2H3,(H,32,38);1-5,7H;3H,2H2,1H3. The maximum atomic E-state index is 14.7. The number of nitrogens with two attached hydrogens (primary N) is 1. The smallest absolute Gasteiger partial charge is 0.324 e. The van der Waals surface area contributed by atoms with Gasteiger partial charge in [-0.05, 0) is 49.9 Å². The maximum Gasteiger partial charge on any atom is 0.324 e. The molecule has 1 saturated carbocycles. The number of pyridine rings is 1. The second-order valence-electron chi connectivity index (χ2n) is 12.0. The summed E-state index contributed by atoms with van der Waals surface area (Å²) >= 11 is 1.99. The lowest BCUT2D eigenvalue weighted by Gasteiger charge is -2.21. The number of carbonyl (C=O) groups excluding carboxylic acids is 2. The average Bonchev–Trinajstić information content (AvgIpc) is 3.93. The molecule has 0 bridgehead atoms. The number of benzene rings is 1. The summed E-state index contributed by atoms with van der Waals surface area (Å²) < 4.78 is 45.4. The van der Waals surface area contributed by atoms with Crippen LogP contribution in [0.3, 0.4) is 0 Å². The largest absolute Gasteiger partial charge is 0.441 e. The van der Waals surface area contributed by atoms with Crippen LogP contribution in [0.25, 0.3) is 22.0 Å². The van der Waals surface area contributed by atoms with Crippen LogP contribution in [0.1, 0.15) is 69.4 Å². The van der Waals surface area contributed by atoms with E-state index in [1.807, 2.05) is 44.2 Å². The molecule has 1 atom stereocenters. The van der Waals surface area contributed by atoms with Crippen LogP contribution in [-0.4, -0.2) is 63.7 Å². The minimum Gasteiger partial charge on any atom is -0.441 e. The minimum absolute atomic E-state index is 0.0457. The van der Waals surface area contributed by atoms with Gasteiger partial charge < -0.3 is 25.4 Å². The molecule has 6 rings (SSSR count). The molecule has 1 aromatic carbocycles. The van der Waals surface area contributed by atoms with Gasteiger partial charge in [0.2, 0.25) is 5.95 Å². The zero-order chi connectivity index (χ0) is 37.6. The molecule has 5 N–H and O–H groups in total. The number of ether oxygens (including phenoxy) is 1. The second kappa shape index (κ2) is 19.9. The van der Waals surface area contributed by atoms with Gasteiger partial charge in [-0.2, -0.15) is 14.6 Å². The highest BCUT2D eigenvalue weighted by molar-refractivity contribution is 7.93. The van der Waals surface area contributed by atoms with Crippen molar-refractivity contribution in [1.82, 2.24) is 29.5 Å². The number of aromatic nitrogens is 6. The Morgan fingerprint density at radius 2 is 1.79 bits per heavy atom. The molecular weight excluding hydrogens is 715 g/mol. The molecule has 0 spiro atoms. The van der Waals surface area contributed by atoms with Gasteiger partial charge in [-0.25, -0.2) is 19.0 Å². The van der Waals surface area contributed by atoms with Crippen molar-refractivity contribution in [1.29, 1.82) is 0 Å². The summed E-state index contributed by atoms with van der Waals surface area (Å²) in [6.07, 6.45) is 9.85. The summed E-state index contributed by atoms with van der Waals surface area (Å²) in [7, 11) is 0. The highest BCUT2D eigenvalue weighted by Crippen LogP contribution is 2.34. The maximum absolute atomic E-state index is 14.7. The van der Waals surface area contributed by atoms with E-state index in [0.717, 1.165) is 61.2 Å². The highest BCUT2D eigenvalue weighted by atomic mass is 32.2. The zero-order valence-corrected chi connectivity index (χ0v) is 30.6. The molecule has 52 heavy (non-hydrogen) atoms. The van der Waals surface area contributed by atoms with Gasteiger partial charge in [0.1, 0.15) is 28.1 Å². The van der Waals surface area contributed by atoms with Crippen LogP contribution in [0.15, 0.2) is 71.3 Å². The Balaban J connectivity index is 0.000000474. The van der Waals surface area contributed by atoms with E-state index < -0.39 is 29.7 Å². The summed E-state index contributed by atoms with van der Waals surface area (Å²) in [5.41, 5.74) is 6.52. The molecule has 0 saturated heterocycles. The summed E-state index contributed by atoms with van der Waals surface area (Å²) in [4.78, 5) is 34.2. The molecule has 1 aliphatic carbocycles. The Morgan fingerprint density at radius 3 is 2.44 bits per heavy atom. The quantitative estimate of drug-likeness (QED) is 0.0652. The Kier molecular flexibility index (Phi) is 15.4. The van der Waals surface area contributed by atoms with Gasteiger partial charge in [0.15, 0.2) is 12.5 Å². The number of nitrogens with one attached hydrogen (secondary N) is 1. The number of anilines is 1. The molecule has 17 heteroatoms. The number of hydrogen-bond donors (Lipinski definition) is 4. The number of rotatable bonds is 10. The number of aliphatic hydroxyl groups is 1. The highest BCUT2D eigenvalue weighted by Gasteiger charge is 2.25. The Hall–Kier alpha value is -4.55. The van der Waals surface area contributed by atoms with Crippen LogP contribution in [0.2, 0.25) is 0 Å². The van der Waals surface area contributed by atoms with Crippen molar-refractivity contribution in [2.24, 2.45) is 11.7 Å². The predicted molar refractivity (Wildman–Crippen MR) is 195 cm³/mol. The lowest BCUT2D eigenvalue weighted by Crippen LogP contribution is -2.37. The molecule has 4 aromatic heterocycles. The molecular formula is C35H42F2N8O5S2. The van der Waals surface area contributed by atoms with E-state index in [9.17, 15) is 18.4 Å². The van der Waals surface area contributed by atoms with Gasteiger partial charge in [0, 0.05) is 46.9 Å². The van der Waals surface area contributed by atoms with E-state index in [4.69, 9.17) is 20.1 Å². The van der Waals surface area contributed by atoms with Crippen LogP contribution in [0.4, 0.5) is 14.5 Å². The monoisotopic (exact) mass is 756 g/mol. The molecule has 1 amide bonds. The molecule has 4 heterocycles. The number of carbonyl (C=O) groups is 2. The molecule has 1 fully saturated rings. The lowest BCUT2D eigenvalue weighted by molar-refractivity contribution is -0.150. The first-order valence-electron chi connectivity index (χ1n) is 16.6. The van der Waals surface area contributed by atoms with E-state index in [1.165, 1.54) is 16.0 Å². The first-order valence-corrected chi connectivity index (χ1v) is 18.3. The minimum atomic E-state index is -0.854. The number of aliphatic hydroxyl groups excluding tert-OH is 1. The number of esters is 1. The molecule has 0 radical (unpaired) electrons. The van der Waals surface area contributed by atoms with Gasteiger partial charge in [-0.3, -0.25) is 14.3 Å². The summed E-state index contributed by atoms with van der Waals surface area (Å²) in [5, 5.41) is 21.1. The average molecular weight is 757 g/mol. The lowest BCUT2D eigenvalue weighted by atomic mass is 9.96. The normalized spacial score (nSPS) is 13.4. The summed E-state index contributed by atoms with van der Waals surface area (Å²) in [5.74, 6) is -2.73. The first-order chi connectivity index (χ1) is 25.0. The van der Waals surface area contributed by atoms with E-state index in [0.29, 0.717) is 10.6 Å². The van der Waals surface area contributed by atoms with Gasteiger partial charge in [-0.1, -0.05) is 51.3 Å². The fraction of sp³-hybridized carbons (Fsp3) is 0.371. The van der Waals surface area contributed by atoms with Gasteiger partial charge in [-0.15, -0.1) is 11.3 Å². The van der Waals surface area contributed by atoms with Gasteiger partial charge >= 0.3 is 5.97 Å². The van der Waals surface area contributed by atoms with Crippen LogP contribution in [0, 0.1) is 17.7 Å². The molecule has 1 aliphatic rings. The topological polar surface area (TPSA) is 183 Å². The Morgan fingerprint density at radius 1 is 1.08 bits per heavy atom. The SMILES string of the molecule is CC(C)C(N)C(=O)OCn1cc(-c2nc(C(=O)Nc3cn(C4CCCCC4)nc3-c3nc(F)ccc3F)cs2)cn1.CCO.OSc1ccccc1.